The molecule has 0 unspecified atom stereocenters. The van der Waals surface area contributed by atoms with Gasteiger partial charge in [0.1, 0.15) is 0 Å². The van der Waals surface area contributed by atoms with Crippen LogP contribution in [0.1, 0.15) is 24.6 Å². The van der Waals surface area contributed by atoms with Gasteiger partial charge in [-0.2, -0.15) is 0 Å². The number of hydrogen-bond acceptors (Lipinski definition) is 4. The zero-order chi connectivity index (χ0) is 12.2. The van der Waals surface area contributed by atoms with Crippen LogP contribution in [0.5, 0.6) is 0 Å². The molecule has 4 heteroatoms. The molecular formula is C13H22O3S. The van der Waals surface area contributed by atoms with E-state index >= 15 is 0 Å². The first kappa shape index (κ1) is 14.6. The van der Waals surface area contributed by atoms with Gasteiger partial charge in [0.2, 0.25) is 0 Å². The van der Waals surface area contributed by atoms with E-state index in [9.17, 15) is 0 Å². The minimum Gasteiger partial charge on any atom is -0.379 e. The Hall–Kier alpha value is -0.420. The molecule has 0 aliphatic carbocycles. The Labute approximate surface area is 108 Å². The topological polar surface area (TPSA) is 27.7 Å². The van der Waals surface area contributed by atoms with Crippen LogP contribution in [0.25, 0.3) is 0 Å². The second kappa shape index (κ2) is 10.7. The number of thiophene rings is 1. The summed E-state index contributed by atoms with van der Waals surface area (Å²) in [5.41, 5.74) is 0. The van der Waals surface area contributed by atoms with E-state index < -0.39 is 0 Å². The van der Waals surface area contributed by atoms with E-state index in [2.05, 4.69) is 18.4 Å². The fourth-order valence-electron chi connectivity index (χ4n) is 1.25. The third kappa shape index (κ3) is 8.32. The minimum absolute atomic E-state index is 0.641. The molecule has 0 N–H and O–H groups in total. The van der Waals surface area contributed by atoms with Crippen molar-refractivity contribution in [3.8, 4) is 0 Å². The van der Waals surface area contributed by atoms with E-state index in [1.54, 1.807) is 11.3 Å². The summed E-state index contributed by atoms with van der Waals surface area (Å²) in [7, 11) is 0. The van der Waals surface area contributed by atoms with E-state index in [0.29, 0.717) is 33.0 Å². The van der Waals surface area contributed by atoms with Crippen molar-refractivity contribution in [2.75, 3.05) is 33.0 Å². The molecule has 0 saturated heterocycles. The van der Waals surface area contributed by atoms with E-state index in [1.165, 1.54) is 11.3 Å². The fourth-order valence-corrected chi connectivity index (χ4v) is 1.89. The highest BCUT2D eigenvalue weighted by Crippen LogP contribution is 2.09. The van der Waals surface area contributed by atoms with Gasteiger partial charge in [-0.05, 0) is 17.9 Å². The SMILES string of the molecule is CCCCOCCOCCOCc1cccs1. The first-order valence-electron chi connectivity index (χ1n) is 6.19. The van der Waals surface area contributed by atoms with Gasteiger partial charge in [0.05, 0.1) is 33.0 Å². The van der Waals surface area contributed by atoms with Crippen molar-refractivity contribution in [2.45, 2.75) is 26.4 Å². The molecule has 0 amide bonds. The molecule has 1 aromatic heterocycles. The number of unbranched alkanes of at least 4 members (excludes halogenated alkanes) is 1. The largest absolute Gasteiger partial charge is 0.379 e. The average molecular weight is 258 g/mol. The molecule has 1 aromatic rings. The summed E-state index contributed by atoms with van der Waals surface area (Å²) in [6.07, 6.45) is 2.31. The van der Waals surface area contributed by atoms with Crippen molar-refractivity contribution in [1.82, 2.24) is 0 Å². The summed E-state index contributed by atoms with van der Waals surface area (Å²) >= 11 is 1.72. The zero-order valence-electron chi connectivity index (χ0n) is 10.5. The summed E-state index contributed by atoms with van der Waals surface area (Å²) in [6, 6.07) is 4.11. The van der Waals surface area contributed by atoms with Crippen molar-refractivity contribution < 1.29 is 14.2 Å². The Morgan fingerprint density at radius 2 is 1.71 bits per heavy atom. The minimum atomic E-state index is 0.641. The van der Waals surface area contributed by atoms with Crippen LogP contribution in [-0.4, -0.2) is 33.0 Å². The number of rotatable bonds is 11. The Morgan fingerprint density at radius 3 is 2.35 bits per heavy atom. The van der Waals surface area contributed by atoms with E-state index in [-0.39, 0.29) is 0 Å². The molecule has 98 valence electrons. The molecule has 17 heavy (non-hydrogen) atoms. The average Bonchev–Trinajstić information content (AvgIpc) is 2.85. The lowest BCUT2D eigenvalue weighted by molar-refractivity contribution is 0.0107. The van der Waals surface area contributed by atoms with Crippen LogP contribution in [0.2, 0.25) is 0 Å². The normalized spacial score (nSPS) is 10.9. The van der Waals surface area contributed by atoms with Crippen LogP contribution in [0.15, 0.2) is 17.5 Å². The van der Waals surface area contributed by atoms with Crippen molar-refractivity contribution in [1.29, 1.82) is 0 Å². The molecule has 0 spiro atoms. The Bertz CT molecular complexity index is 249. The van der Waals surface area contributed by atoms with E-state index in [4.69, 9.17) is 14.2 Å². The van der Waals surface area contributed by atoms with Crippen LogP contribution in [-0.2, 0) is 20.8 Å². The van der Waals surface area contributed by atoms with Gasteiger partial charge in [-0.3, -0.25) is 0 Å². The van der Waals surface area contributed by atoms with Crippen molar-refractivity contribution in [3.05, 3.63) is 22.4 Å². The summed E-state index contributed by atoms with van der Waals surface area (Å²) in [5.74, 6) is 0. The van der Waals surface area contributed by atoms with Crippen molar-refractivity contribution in [3.63, 3.8) is 0 Å². The van der Waals surface area contributed by atoms with Gasteiger partial charge >= 0.3 is 0 Å². The molecule has 1 heterocycles. The lowest BCUT2D eigenvalue weighted by Crippen LogP contribution is -2.09. The molecule has 0 saturated carbocycles. The summed E-state index contributed by atoms with van der Waals surface area (Å²) in [6.45, 7) is 6.32. The molecule has 0 fully saturated rings. The van der Waals surface area contributed by atoms with Crippen LogP contribution in [0.3, 0.4) is 0 Å². The van der Waals surface area contributed by atoms with Gasteiger partial charge in [0, 0.05) is 11.5 Å². The Balaban J connectivity index is 1.76. The maximum absolute atomic E-state index is 5.47. The quantitative estimate of drug-likeness (QED) is 0.571. The monoisotopic (exact) mass is 258 g/mol. The summed E-state index contributed by atoms with van der Waals surface area (Å²) in [5, 5.41) is 2.06. The van der Waals surface area contributed by atoms with Crippen LogP contribution >= 0.6 is 11.3 Å². The van der Waals surface area contributed by atoms with Crippen LogP contribution in [0.4, 0.5) is 0 Å². The predicted octanol–water partition coefficient (Wildman–Crippen LogP) is 3.10. The maximum Gasteiger partial charge on any atom is 0.0810 e. The first-order chi connectivity index (χ1) is 8.43. The maximum atomic E-state index is 5.47. The second-order valence-corrected chi connectivity index (χ2v) is 4.74. The highest BCUT2D eigenvalue weighted by Gasteiger charge is 1.94. The van der Waals surface area contributed by atoms with Gasteiger partial charge in [0.15, 0.2) is 0 Å². The molecule has 3 nitrogen and oxygen atoms in total. The lowest BCUT2D eigenvalue weighted by Gasteiger charge is -2.05. The summed E-state index contributed by atoms with van der Waals surface area (Å²) < 4.78 is 16.2. The molecule has 0 radical (unpaired) electrons. The smallest absolute Gasteiger partial charge is 0.0810 e. The third-order valence-electron chi connectivity index (χ3n) is 2.21. The number of ether oxygens (including phenoxy) is 3. The first-order valence-corrected chi connectivity index (χ1v) is 7.07. The molecular weight excluding hydrogens is 236 g/mol. The zero-order valence-corrected chi connectivity index (χ0v) is 11.3. The Morgan fingerprint density at radius 1 is 1.00 bits per heavy atom. The number of hydrogen-bond donors (Lipinski definition) is 0. The van der Waals surface area contributed by atoms with Crippen molar-refractivity contribution >= 4 is 11.3 Å². The molecule has 0 atom stereocenters. The van der Waals surface area contributed by atoms with Gasteiger partial charge in [-0.1, -0.05) is 19.4 Å². The second-order valence-electron chi connectivity index (χ2n) is 3.71. The predicted molar refractivity (Wildman–Crippen MR) is 70.5 cm³/mol. The van der Waals surface area contributed by atoms with E-state index in [0.717, 1.165) is 13.0 Å². The Kier molecular flexibility index (Phi) is 9.23. The fraction of sp³-hybridized carbons (Fsp3) is 0.692. The molecule has 0 aliphatic heterocycles. The highest BCUT2D eigenvalue weighted by molar-refractivity contribution is 7.09. The molecule has 0 bridgehead atoms. The summed E-state index contributed by atoms with van der Waals surface area (Å²) in [4.78, 5) is 1.26. The van der Waals surface area contributed by atoms with Crippen molar-refractivity contribution in [2.24, 2.45) is 0 Å². The molecule has 1 rings (SSSR count). The van der Waals surface area contributed by atoms with E-state index in [1.807, 2.05) is 6.07 Å². The lowest BCUT2D eigenvalue weighted by atomic mass is 10.4. The standard InChI is InChI=1S/C13H22O3S/c1-2-3-6-14-7-8-15-9-10-16-12-13-5-4-11-17-13/h4-5,11H,2-3,6-10,12H2,1H3. The van der Waals surface area contributed by atoms with Gasteiger partial charge < -0.3 is 14.2 Å². The van der Waals surface area contributed by atoms with Gasteiger partial charge in [-0.15, -0.1) is 11.3 Å². The molecule has 0 aliphatic rings. The van der Waals surface area contributed by atoms with Crippen LogP contribution < -0.4 is 0 Å². The highest BCUT2D eigenvalue weighted by atomic mass is 32.1. The third-order valence-corrected chi connectivity index (χ3v) is 3.06. The van der Waals surface area contributed by atoms with Gasteiger partial charge in [-0.25, -0.2) is 0 Å². The van der Waals surface area contributed by atoms with Crippen LogP contribution in [0, 0.1) is 0 Å². The van der Waals surface area contributed by atoms with Gasteiger partial charge in [0.25, 0.3) is 0 Å². The molecule has 0 aromatic carbocycles.